The van der Waals surface area contributed by atoms with Crippen LogP contribution in [-0.4, -0.2) is 28.2 Å². The molecule has 0 aliphatic carbocycles. The summed E-state index contributed by atoms with van der Waals surface area (Å²) in [7, 11) is 0. The van der Waals surface area contributed by atoms with Gasteiger partial charge in [0.1, 0.15) is 5.69 Å². The van der Waals surface area contributed by atoms with Gasteiger partial charge in [0, 0.05) is 12.1 Å². The van der Waals surface area contributed by atoms with E-state index in [0.717, 1.165) is 5.56 Å². The summed E-state index contributed by atoms with van der Waals surface area (Å²) >= 11 is 6.15. The van der Waals surface area contributed by atoms with Gasteiger partial charge < -0.3 is 11.1 Å². The van der Waals surface area contributed by atoms with Crippen LogP contribution in [0.1, 0.15) is 31.3 Å². The fourth-order valence-electron chi connectivity index (χ4n) is 2.00. The Bertz CT molecular complexity index is 668. The van der Waals surface area contributed by atoms with Gasteiger partial charge in [-0.3, -0.25) is 9.89 Å². The Balaban J connectivity index is 2.22. The number of nitrogens with one attached hydrogen (secondary N) is 2. The SMILES string of the molecule is CC(C)C(C)(CN)NC(=O)c1cc(-c2ccccc2Cl)n[nH]1. The monoisotopic (exact) mass is 320 g/mol. The zero-order chi connectivity index (χ0) is 16.3. The molecule has 0 saturated carbocycles. The van der Waals surface area contributed by atoms with Gasteiger partial charge in [-0.05, 0) is 25.0 Å². The number of aromatic amines is 1. The first-order valence-corrected chi connectivity index (χ1v) is 7.58. The second-order valence-electron chi connectivity index (χ2n) is 5.88. The number of carbonyl (C=O) groups excluding carboxylic acids is 1. The number of benzene rings is 1. The molecule has 2 rings (SSSR count). The minimum atomic E-state index is -0.466. The number of rotatable bonds is 5. The van der Waals surface area contributed by atoms with Gasteiger partial charge in [-0.25, -0.2) is 0 Å². The molecule has 118 valence electrons. The Labute approximate surface area is 135 Å². The summed E-state index contributed by atoms with van der Waals surface area (Å²) in [4.78, 5) is 12.4. The normalized spacial score (nSPS) is 13.9. The summed E-state index contributed by atoms with van der Waals surface area (Å²) in [5.74, 6) is -0.0140. The van der Waals surface area contributed by atoms with Crippen molar-refractivity contribution >= 4 is 17.5 Å². The second-order valence-corrected chi connectivity index (χ2v) is 6.28. The van der Waals surface area contributed by atoms with Gasteiger partial charge in [0.2, 0.25) is 0 Å². The molecule has 0 bridgehead atoms. The topological polar surface area (TPSA) is 83.8 Å². The van der Waals surface area contributed by atoms with E-state index in [0.29, 0.717) is 23.0 Å². The van der Waals surface area contributed by atoms with E-state index in [4.69, 9.17) is 17.3 Å². The number of aromatic nitrogens is 2. The minimum absolute atomic E-state index is 0.215. The molecular weight excluding hydrogens is 300 g/mol. The first-order chi connectivity index (χ1) is 10.4. The van der Waals surface area contributed by atoms with E-state index in [9.17, 15) is 4.79 Å². The molecule has 4 N–H and O–H groups in total. The van der Waals surface area contributed by atoms with Crippen LogP contribution in [0.25, 0.3) is 11.3 Å². The van der Waals surface area contributed by atoms with E-state index >= 15 is 0 Å². The molecule has 0 saturated heterocycles. The maximum Gasteiger partial charge on any atom is 0.269 e. The lowest BCUT2D eigenvalue weighted by atomic mass is 9.88. The molecule has 1 aromatic carbocycles. The van der Waals surface area contributed by atoms with E-state index in [2.05, 4.69) is 15.5 Å². The highest BCUT2D eigenvalue weighted by Crippen LogP contribution is 2.26. The molecule has 0 fully saturated rings. The number of amides is 1. The average Bonchev–Trinajstić information content (AvgIpc) is 2.97. The van der Waals surface area contributed by atoms with Crippen molar-refractivity contribution in [2.45, 2.75) is 26.3 Å². The maximum atomic E-state index is 12.4. The minimum Gasteiger partial charge on any atom is -0.344 e. The van der Waals surface area contributed by atoms with Crippen LogP contribution in [0.3, 0.4) is 0 Å². The predicted molar refractivity (Wildman–Crippen MR) is 88.8 cm³/mol. The van der Waals surface area contributed by atoms with Crippen LogP contribution < -0.4 is 11.1 Å². The van der Waals surface area contributed by atoms with E-state index in [1.807, 2.05) is 39.0 Å². The third kappa shape index (κ3) is 3.31. The highest BCUT2D eigenvalue weighted by molar-refractivity contribution is 6.33. The fourth-order valence-corrected chi connectivity index (χ4v) is 2.24. The smallest absolute Gasteiger partial charge is 0.269 e. The van der Waals surface area contributed by atoms with Gasteiger partial charge in [0.15, 0.2) is 0 Å². The molecule has 0 spiro atoms. The Kier molecular flexibility index (Phi) is 4.88. The fraction of sp³-hybridized carbons (Fsp3) is 0.375. The third-order valence-corrected chi connectivity index (χ3v) is 4.40. The lowest BCUT2D eigenvalue weighted by Crippen LogP contribution is -2.55. The Morgan fingerprint density at radius 2 is 2.14 bits per heavy atom. The number of halogens is 1. The van der Waals surface area contributed by atoms with Gasteiger partial charge >= 0.3 is 0 Å². The second kappa shape index (κ2) is 6.50. The summed E-state index contributed by atoms with van der Waals surface area (Å²) < 4.78 is 0. The van der Waals surface area contributed by atoms with Gasteiger partial charge in [-0.1, -0.05) is 43.6 Å². The summed E-state index contributed by atoms with van der Waals surface area (Å²) in [5.41, 5.74) is 7.13. The zero-order valence-corrected chi connectivity index (χ0v) is 13.7. The van der Waals surface area contributed by atoms with Crippen molar-refractivity contribution in [3.63, 3.8) is 0 Å². The Morgan fingerprint density at radius 1 is 1.45 bits per heavy atom. The molecule has 2 aromatic rings. The van der Waals surface area contributed by atoms with Gasteiger partial charge in [0.25, 0.3) is 5.91 Å². The van der Waals surface area contributed by atoms with Gasteiger partial charge in [0.05, 0.1) is 16.3 Å². The number of hydrogen-bond donors (Lipinski definition) is 3. The number of nitrogens with zero attached hydrogens (tertiary/aromatic N) is 1. The highest BCUT2D eigenvalue weighted by Gasteiger charge is 2.29. The average molecular weight is 321 g/mol. The van der Waals surface area contributed by atoms with E-state index < -0.39 is 5.54 Å². The van der Waals surface area contributed by atoms with Crippen LogP contribution >= 0.6 is 11.6 Å². The molecule has 22 heavy (non-hydrogen) atoms. The number of hydrogen-bond acceptors (Lipinski definition) is 3. The molecule has 1 aromatic heterocycles. The Hall–Kier alpha value is -1.85. The van der Waals surface area contributed by atoms with E-state index in [1.54, 1.807) is 12.1 Å². The largest absolute Gasteiger partial charge is 0.344 e. The van der Waals surface area contributed by atoms with E-state index in [-0.39, 0.29) is 11.8 Å². The maximum absolute atomic E-state index is 12.4. The van der Waals surface area contributed by atoms with Crippen LogP contribution in [0, 0.1) is 5.92 Å². The van der Waals surface area contributed by atoms with Crippen molar-refractivity contribution in [3.8, 4) is 11.3 Å². The molecule has 0 aliphatic rings. The first kappa shape index (κ1) is 16.5. The van der Waals surface area contributed by atoms with Crippen LogP contribution in [0.5, 0.6) is 0 Å². The number of carbonyl (C=O) groups is 1. The van der Waals surface area contributed by atoms with Crippen molar-refractivity contribution in [1.82, 2.24) is 15.5 Å². The zero-order valence-electron chi connectivity index (χ0n) is 13.0. The molecule has 1 heterocycles. The van der Waals surface area contributed by atoms with Crippen LogP contribution in [0.4, 0.5) is 0 Å². The molecule has 1 unspecified atom stereocenters. The summed E-state index contributed by atoms with van der Waals surface area (Å²) in [6.45, 7) is 6.34. The predicted octanol–water partition coefficient (Wildman–Crippen LogP) is 2.83. The summed E-state index contributed by atoms with van der Waals surface area (Å²) in [6, 6.07) is 9.06. The lowest BCUT2D eigenvalue weighted by molar-refractivity contribution is 0.0878. The van der Waals surface area contributed by atoms with Crippen LogP contribution in [0.2, 0.25) is 5.02 Å². The summed E-state index contributed by atoms with van der Waals surface area (Å²) in [5, 5.41) is 10.5. The molecule has 0 aliphatic heterocycles. The number of nitrogens with two attached hydrogens (primary N) is 1. The van der Waals surface area contributed by atoms with Gasteiger partial charge in [-0.15, -0.1) is 0 Å². The van der Waals surface area contributed by atoms with Crippen molar-refractivity contribution in [2.24, 2.45) is 11.7 Å². The Morgan fingerprint density at radius 3 is 2.73 bits per heavy atom. The van der Waals surface area contributed by atoms with E-state index in [1.165, 1.54) is 0 Å². The van der Waals surface area contributed by atoms with Gasteiger partial charge in [-0.2, -0.15) is 5.10 Å². The molecule has 0 radical (unpaired) electrons. The number of H-pyrrole nitrogens is 1. The first-order valence-electron chi connectivity index (χ1n) is 7.20. The van der Waals surface area contributed by atoms with Crippen molar-refractivity contribution in [1.29, 1.82) is 0 Å². The van der Waals surface area contributed by atoms with Crippen LogP contribution in [-0.2, 0) is 0 Å². The lowest BCUT2D eigenvalue weighted by Gasteiger charge is -2.33. The van der Waals surface area contributed by atoms with Crippen molar-refractivity contribution in [3.05, 3.63) is 41.0 Å². The standard InChI is InChI=1S/C16H21ClN4O/c1-10(2)16(3,9-18)19-15(22)14-8-13(20-21-14)11-6-4-5-7-12(11)17/h4-8,10H,9,18H2,1-3H3,(H,19,22)(H,20,21). The molecule has 1 amide bonds. The quantitative estimate of drug-likeness (QED) is 0.792. The van der Waals surface area contributed by atoms with Crippen LogP contribution in [0.15, 0.2) is 30.3 Å². The molecule has 6 heteroatoms. The summed E-state index contributed by atoms with van der Waals surface area (Å²) in [6.07, 6.45) is 0. The highest BCUT2D eigenvalue weighted by atomic mass is 35.5. The van der Waals surface area contributed by atoms with Crippen molar-refractivity contribution < 1.29 is 4.79 Å². The molecule has 5 nitrogen and oxygen atoms in total. The molecule has 1 atom stereocenters. The molecular formula is C16H21ClN4O. The van der Waals surface area contributed by atoms with Crippen molar-refractivity contribution in [2.75, 3.05) is 6.54 Å². The third-order valence-electron chi connectivity index (χ3n) is 4.07.